The first kappa shape index (κ1) is 31.0. The van der Waals surface area contributed by atoms with E-state index >= 15 is 0 Å². The van der Waals surface area contributed by atoms with Gasteiger partial charge in [0, 0.05) is 18.1 Å². The van der Waals surface area contributed by atoms with Crippen molar-refractivity contribution in [2.75, 3.05) is 24.0 Å². The number of benzene rings is 3. The zero-order chi connectivity index (χ0) is 29.3. The van der Waals surface area contributed by atoms with E-state index in [0.717, 1.165) is 21.9 Å². The van der Waals surface area contributed by atoms with Gasteiger partial charge in [-0.2, -0.15) is 0 Å². The minimum absolute atomic E-state index is 0.0322. The minimum Gasteiger partial charge on any atom is -0.492 e. The summed E-state index contributed by atoms with van der Waals surface area (Å²) in [7, 11) is -4.23. The van der Waals surface area contributed by atoms with Gasteiger partial charge >= 0.3 is 0 Å². The van der Waals surface area contributed by atoms with Gasteiger partial charge in [0.25, 0.3) is 10.0 Å². The molecule has 0 radical (unpaired) electrons. The number of nitrogens with one attached hydrogen (secondary N) is 1. The number of hydrogen-bond donors (Lipinski definition) is 1. The van der Waals surface area contributed by atoms with E-state index in [-0.39, 0.29) is 23.0 Å². The van der Waals surface area contributed by atoms with Gasteiger partial charge in [0.2, 0.25) is 11.8 Å². The molecule has 2 amide bonds. The third kappa shape index (κ3) is 7.55. The highest BCUT2D eigenvalue weighted by Gasteiger charge is 2.33. The van der Waals surface area contributed by atoms with Gasteiger partial charge in [-0.1, -0.05) is 54.9 Å². The molecule has 0 heterocycles. The number of rotatable bonds is 13. The van der Waals surface area contributed by atoms with Gasteiger partial charge in [-0.25, -0.2) is 8.42 Å². The molecule has 0 fully saturated rings. The SMILES string of the molecule is CCCNC(=O)C(C)N(Cc1ccccc1C)C(=O)CN(c1ccccc1OCC)S(=O)(=O)c1ccc(Cl)cc1. The summed E-state index contributed by atoms with van der Waals surface area (Å²) in [5.74, 6) is -0.536. The third-order valence-electron chi connectivity index (χ3n) is 6.43. The first-order valence-corrected chi connectivity index (χ1v) is 15.0. The normalized spacial score (nSPS) is 11.9. The van der Waals surface area contributed by atoms with Crippen LogP contribution in [0.3, 0.4) is 0 Å². The Kier molecular flexibility index (Phi) is 11.0. The number of carbonyl (C=O) groups excluding carboxylic acids is 2. The fourth-order valence-corrected chi connectivity index (χ4v) is 5.69. The lowest BCUT2D eigenvalue weighted by Crippen LogP contribution is -2.51. The number of sulfonamides is 1. The molecule has 214 valence electrons. The molecule has 0 aliphatic carbocycles. The third-order valence-corrected chi connectivity index (χ3v) is 8.46. The number of aryl methyl sites for hydroxylation is 1. The Hall–Kier alpha value is -3.56. The molecule has 1 unspecified atom stereocenters. The van der Waals surface area contributed by atoms with E-state index in [2.05, 4.69) is 5.32 Å². The summed E-state index contributed by atoms with van der Waals surface area (Å²) in [6.07, 6.45) is 0.742. The quantitative estimate of drug-likeness (QED) is 0.298. The fraction of sp³-hybridized carbons (Fsp3) is 0.333. The second-order valence-corrected chi connectivity index (χ2v) is 11.6. The Morgan fingerprint density at radius 3 is 2.27 bits per heavy atom. The van der Waals surface area contributed by atoms with Crippen molar-refractivity contribution in [3.63, 3.8) is 0 Å². The molecule has 1 atom stereocenters. The van der Waals surface area contributed by atoms with Crippen molar-refractivity contribution >= 4 is 39.1 Å². The number of hydrogen-bond acceptors (Lipinski definition) is 5. The molecule has 3 aromatic rings. The average molecular weight is 586 g/mol. The van der Waals surface area contributed by atoms with Gasteiger partial charge in [0.05, 0.1) is 17.2 Å². The maximum Gasteiger partial charge on any atom is 0.264 e. The standard InChI is InChI=1S/C30H36ClN3O5S/c1-5-19-32-30(36)23(4)33(20-24-12-8-7-11-22(24)3)29(35)21-34(27-13-9-10-14-28(27)39-6-2)40(37,38)26-17-15-25(31)16-18-26/h7-18,23H,5-6,19-21H2,1-4H3,(H,32,36). The monoisotopic (exact) mass is 585 g/mol. The van der Waals surface area contributed by atoms with E-state index < -0.39 is 28.5 Å². The summed E-state index contributed by atoms with van der Waals surface area (Å²) in [4.78, 5) is 28.4. The van der Waals surface area contributed by atoms with Crippen LogP contribution >= 0.6 is 11.6 Å². The number of carbonyl (C=O) groups is 2. The van der Waals surface area contributed by atoms with Crippen molar-refractivity contribution in [3.8, 4) is 5.75 Å². The molecular formula is C30H36ClN3O5S. The molecule has 1 N–H and O–H groups in total. The predicted octanol–water partition coefficient (Wildman–Crippen LogP) is 5.19. The van der Waals surface area contributed by atoms with Crippen molar-refractivity contribution in [1.82, 2.24) is 10.2 Å². The Morgan fingerprint density at radius 1 is 0.975 bits per heavy atom. The Labute approximate surface area is 241 Å². The lowest BCUT2D eigenvalue weighted by atomic mass is 10.1. The summed E-state index contributed by atoms with van der Waals surface area (Å²) < 4.78 is 34.8. The van der Waals surface area contributed by atoms with E-state index in [1.54, 1.807) is 38.1 Å². The number of anilines is 1. The number of halogens is 1. The number of nitrogens with zero attached hydrogens (tertiary/aromatic N) is 2. The van der Waals surface area contributed by atoms with Crippen LogP contribution in [0.15, 0.2) is 77.7 Å². The highest BCUT2D eigenvalue weighted by atomic mass is 35.5. The molecule has 3 rings (SSSR count). The van der Waals surface area contributed by atoms with E-state index in [1.807, 2.05) is 38.1 Å². The van der Waals surface area contributed by atoms with Crippen molar-refractivity contribution < 1.29 is 22.7 Å². The van der Waals surface area contributed by atoms with Crippen LogP contribution in [0.4, 0.5) is 5.69 Å². The summed E-state index contributed by atoms with van der Waals surface area (Å²) >= 11 is 6.01. The van der Waals surface area contributed by atoms with E-state index in [4.69, 9.17) is 16.3 Å². The van der Waals surface area contributed by atoms with E-state index in [9.17, 15) is 18.0 Å². The van der Waals surface area contributed by atoms with E-state index in [1.165, 1.54) is 29.2 Å². The van der Waals surface area contributed by atoms with Gasteiger partial charge in [0.15, 0.2) is 0 Å². The predicted molar refractivity (Wildman–Crippen MR) is 158 cm³/mol. The molecule has 40 heavy (non-hydrogen) atoms. The van der Waals surface area contributed by atoms with Crippen LogP contribution in [-0.2, 0) is 26.2 Å². The number of para-hydroxylation sites is 2. The molecule has 0 aliphatic heterocycles. The number of amides is 2. The van der Waals surface area contributed by atoms with E-state index in [0.29, 0.717) is 23.9 Å². The van der Waals surface area contributed by atoms with Crippen molar-refractivity contribution in [3.05, 3.63) is 88.9 Å². The molecule has 0 saturated carbocycles. The second-order valence-electron chi connectivity index (χ2n) is 9.28. The molecule has 8 nitrogen and oxygen atoms in total. The lowest BCUT2D eigenvalue weighted by molar-refractivity contribution is -0.139. The average Bonchev–Trinajstić information content (AvgIpc) is 2.94. The van der Waals surface area contributed by atoms with Crippen LogP contribution in [0.5, 0.6) is 5.75 Å². The number of ether oxygens (including phenoxy) is 1. The maximum atomic E-state index is 14.0. The summed E-state index contributed by atoms with van der Waals surface area (Å²) in [5, 5.41) is 3.22. The second kappa shape index (κ2) is 14.2. The highest BCUT2D eigenvalue weighted by Crippen LogP contribution is 2.33. The first-order chi connectivity index (χ1) is 19.1. The Morgan fingerprint density at radius 2 is 1.62 bits per heavy atom. The summed E-state index contributed by atoms with van der Waals surface area (Å²) in [5.41, 5.74) is 2.02. The Bertz CT molecular complexity index is 1410. The molecule has 0 spiro atoms. The largest absolute Gasteiger partial charge is 0.492 e. The highest BCUT2D eigenvalue weighted by molar-refractivity contribution is 7.92. The van der Waals surface area contributed by atoms with Crippen LogP contribution in [0, 0.1) is 6.92 Å². The van der Waals surface area contributed by atoms with Crippen LogP contribution in [-0.4, -0.2) is 50.9 Å². The van der Waals surface area contributed by atoms with Crippen LogP contribution < -0.4 is 14.4 Å². The van der Waals surface area contributed by atoms with Gasteiger partial charge in [-0.05, 0) is 74.7 Å². The topological polar surface area (TPSA) is 96.0 Å². The zero-order valence-electron chi connectivity index (χ0n) is 23.3. The molecule has 10 heteroatoms. The van der Waals surface area contributed by atoms with Crippen molar-refractivity contribution in [2.24, 2.45) is 0 Å². The Balaban J connectivity index is 2.08. The summed E-state index contributed by atoms with van der Waals surface area (Å²) in [6.45, 7) is 7.66. The van der Waals surface area contributed by atoms with Gasteiger partial charge in [-0.3, -0.25) is 13.9 Å². The summed E-state index contributed by atoms with van der Waals surface area (Å²) in [6, 6.07) is 19.1. The van der Waals surface area contributed by atoms with Crippen LogP contribution in [0.1, 0.15) is 38.3 Å². The van der Waals surface area contributed by atoms with Crippen molar-refractivity contribution in [2.45, 2.75) is 51.6 Å². The molecule has 3 aromatic carbocycles. The van der Waals surface area contributed by atoms with Crippen LogP contribution in [0.2, 0.25) is 5.02 Å². The van der Waals surface area contributed by atoms with Gasteiger partial charge < -0.3 is 15.0 Å². The lowest BCUT2D eigenvalue weighted by Gasteiger charge is -2.32. The molecular weight excluding hydrogens is 550 g/mol. The first-order valence-electron chi connectivity index (χ1n) is 13.2. The zero-order valence-corrected chi connectivity index (χ0v) is 24.8. The van der Waals surface area contributed by atoms with Gasteiger partial charge in [-0.15, -0.1) is 0 Å². The minimum atomic E-state index is -4.23. The molecule has 0 aliphatic rings. The molecule has 0 aromatic heterocycles. The van der Waals surface area contributed by atoms with Crippen LogP contribution in [0.25, 0.3) is 0 Å². The molecule has 0 saturated heterocycles. The molecule has 0 bridgehead atoms. The maximum absolute atomic E-state index is 14.0. The smallest absolute Gasteiger partial charge is 0.264 e. The van der Waals surface area contributed by atoms with Crippen molar-refractivity contribution in [1.29, 1.82) is 0 Å². The fourth-order valence-electron chi connectivity index (χ4n) is 4.14. The van der Waals surface area contributed by atoms with Gasteiger partial charge in [0.1, 0.15) is 18.3 Å².